The predicted molar refractivity (Wildman–Crippen MR) is 171 cm³/mol. The Bertz CT molecular complexity index is 770. The zero-order chi connectivity index (χ0) is 29.4. The van der Waals surface area contributed by atoms with E-state index >= 15 is 0 Å². The zero-order valence-electron chi connectivity index (χ0n) is 25.6. The van der Waals surface area contributed by atoms with Gasteiger partial charge in [0.05, 0.1) is 0 Å². The average molecular weight is 555 g/mol. The van der Waals surface area contributed by atoms with E-state index in [1.54, 1.807) is 0 Å². The van der Waals surface area contributed by atoms with Crippen LogP contribution in [-0.2, 0) is 14.3 Å². The Hall–Kier alpha value is -2.62. The zero-order valence-corrected chi connectivity index (χ0v) is 25.6. The van der Waals surface area contributed by atoms with Gasteiger partial charge in [0.2, 0.25) is 0 Å². The van der Waals surface area contributed by atoms with Gasteiger partial charge in [0.15, 0.2) is 0 Å². The smallest absolute Gasteiger partial charge is 0.306 e. The summed E-state index contributed by atoms with van der Waals surface area (Å²) >= 11 is 0. The average Bonchev–Trinajstić information content (AvgIpc) is 2.93. The van der Waals surface area contributed by atoms with Crippen molar-refractivity contribution in [3.63, 3.8) is 0 Å². The van der Waals surface area contributed by atoms with Crippen LogP contribution in [0.5, 0.6) is 0 Å². The Morgan fingerprint density at radius 1 is 0.600 bits per heavy atom. The molecule has 0 aromatic rings. The lowest BCUT2D eigenvalue weighted by Crippen LogP contribution is -2.16. The molecule has 0 rings (SSSR count). The fraction of sp³-hybridized carbons (Fsp3) is 0.611. The first-order valence-corrected chi connectivity index (χ1v) is 15.9. The van der Waals surface area contributed by atoms with Crippen molar-refractivity contribution in [1.82, 2.24) is 0 Å². The number of unbranched alkanes of at least 4 members (excludes halogenated alkanes) is 8. The molecule has 1 N–H and O–H groups in total. The van der Waals surface area contributed by atoms with Crippen LogP contribution in [-0.4, -0.2) is 23.1 Å². The summed E-state index contributed by atoms with van der Waals surface area (Å²) in [4.78, 5) is 23.1. The minimum absolute atomic E-state index is 0.138. The quantitative estimate of drug-likeness (QED) is 0.0623. The summed E-state index contributed by atoms with van der Waals surface area (Å²) < 4.78 is 5.81. The Kier molecular flexibility index (Phi) is 28.9. The molecule has 0 saturated heterocycles. The molecule has 1 unspecified atom stereocenters. The molecule has 226 valence electrons. The molecule has 40 heavy (non-hydrogen) atoms. The Labute approximate surface area is 246 Å². The molecule has 0 aromatic heterocycles. The Morgan fingerprint density at radius 2 is 1.15 bits per heavy atom. The van der Waals surface area contributed by atoms with Crippen molar-refractivity contribution in [2.24, 2.45) is 0 Å². The summed E-state index contributed by atoms with van der Waals surface area (Å²) in [5.74, 6) is -0.852. The minimum Gasteiger partial charge on any atom is -0.481 e. The third-order valence-corrected chi connectivity index (χ3v) is 6.41. The molecule has 0 aliphatic carbocycles. The summed E-state index contributed by atoms with van der Waals surface area (Å²) in [6, 6.07) is 0. The van der Waals surface area contributed by atoms with Crippen molar-refractivity contribution in [3.05, 3.63) is 72.9 Å². The van der Waals surface area contributed by atoms with Crippen molar-refractivity contribution < 1.29 is 19.4 Å². The number of hydrogen-bond donors (Lipinski definition) is 1. The number of hydrogen-bond acceptors (Lipinski definition) is 3. The van der Waals surface area contributed by atoms with Gasteiger partial charge in [-0.1, -0.05) is 119 Å². The molecular formula is C36H58O4. The van der Waals surface area contributed by atoms with Crippen LogP contribution in [0.1, 0.15) is 136 Å². The van der Waals surface area contributed by atoms with Gasteiger partial charge < -0.3 is 9.84 Å². The van der Waals surface area contributed by atoms with Gasteiger partial charge in [0, 0.05) is 12.8 Å². The molecule has 1 atom stereocenters. The summed E-state index contributed by atoms with van der Waals surface area (Å²) in [5.41, 5.74) is 0. The molecule has 0 spiro atoms. The lowest BCUT2D eigenvalue weighted by atomic mass is 10.1. The van der Waals surface area contributed by atoms with Crippen LogP contribution in [0, 0.1) is 0 Å². The second kappa shape index (κ2) is 30.9. The van der Waals surface area contributed by atoms with E-state index in [0.717, 1.165) is 83.5 Å². The van der Waals surface area contributed by atoms with Crippen LogP contribution in [0.4, 0.5) is 0 Å². The number of carboxylic acids is 1. The first-order valence-electron chi connectivity index (χ1n) is 15.9. The summed E-state index contributed by atoms with van der Waals surface area (Å²) in [7, 11) is 0. The fourth-order valence-corrected chi connectivity index (χ4v) is 4.08. The van der Waals surface area contributed by atoms with Gasteiger partial charge in [-0.2, -0.15) is 0 Å². The number of allylic oxidation sites excluding steroid dienone is 11. The van der Waals surface area contributed by atoms with Gasteiger partial charge in [-0.3, -0.25) is 9.59 Å². The first kappa shape index (κ1) is 37.4. The van der Waals surface area contributed by atoms with E-state index in [2.05, 4.69) is 86.8 Å². The summed E-state index contributed by atoms with van der Waals surface area (Å²) in [6.07, 6.45) is 43.5. The van der Waals surface area contributed by atoms with Crippen LogP contribution >= 0.6 is 0 Å². The van der Waals surface area contributed by atoms with Crippen LogP contribution in [0.3, 0.4) is 0 Å². The molecule has 0 bridgehead atoms. The second-order valence-electron chi connectivity index (χ2n) is 10.3. The maximum atomic E-state index is 12.5. The lowest BCUT2D eigenvalue weighted by Gasteiger charge is -2.14. The minimum atomic E-state index is -0.714. The van der Waals surface area contributed by atoms with Crippen molar-refractivity contribution >= 4 is 11.9 Å². The number of aliphatic carboxylic acids is 1. The molecule has 0 heterocycles. The molecule has 0 aliphatic heterocycles. The predicted octanol–water partition coefficient (Wildman–Crippen LogP) is 10.8. The number of ether oxygens (including phenoxy) is 1. The highest BCUT2D eigenvalue weighted by molar-refractivity contribution is 5.69. The van der Waals surface area contributed by atoms with Crippen molar-refractivity contribution in [2.75, 3.05) is 0 Å². The van der Waals surface area contributed by atoms with Gasteiger partial charge >= 0.3 is 11.9 Å². The highest BCUT2D eigenvalue weighted by atomic mass is 16.5. The molecule has 0 radical (unpaired) electrons. The number of carbonyl (C=O) groups excluding carboxylic acids is 1. The highest BCUT2D eigenvalue weighted by Crippen LogP contribution is 2.14. The van der Waals surface area contributed by atoms with E-state index in [0.29, 0.717) is 12.8 Å². The van der Waals surface area contributed by atoms with E-state index in [1.165, 1.54) is 19.3 Å². The lowest BCUT2D eigenvalue weighted by molar-refractivity contribution is -0.147. The SMILES string of the molecule is CC/C=C\C/C=C\C/C=C\C/C=C\CCC(=O)OC(/C=C\C/C=C\CCCCC)CCCCCCCCC(=O)O. The molecule has 4 nitrogen and oxygen atoms in total. The maximum Gasteiger partial charge on any atom is 0.306 e. The number of esters is 1. The van der Waals surface area contributed by atoms with Crippen molar-refractivity contribution in [1.29, 1.82) is 0 Å². The van der Waals surface area contributed by atoms with Crippen LogP contribution in [0.2, 0.25) is 0 Å². The van der Waals surface area contributed by atoms with Crippen molar-refractivity contribution in [3.8, 4) is 0 Å². The fourth-order valence-electron chi connectivity index (χ4n) is 4.08. The second-order valence-corrected chi connectivity index (χ2v) is 10.3. The Morgan fingerprint density at radius 3 is 1.77 bits per heavy atom. The molecule has 0 aromatic carbocycles. The largest absolute Gasteiger partial charge is 0.481 e. The Balaban J connectivity index is 4.34. The van der Waals surface area contributed by atoms with Crippen LogP contribution in [0.25, 0.3) is 0 Å². The van der Waals surface area contributed by atoms with E-state index in [4.69, 9.17) is 9.84 Å². The third kappa shape index (κ3) is 29.9. The monoisotopic (exact) mass is 554 g/mol. The number of carbonyl (C=O) groups is 2. The highest BCUT2D eigenvalue weighted by Gasteiger charge is 2.11. The molecular weight excluding hydrogens is 496 g/mol. The summed E-state index contributed by atoms with van der Waals surface area (Å²) in [5, 5.41) is 8.73. The van der Waals surface area contributed by atoms with Gasteiger partial charge in [-0.05, 0) is 76.7 Å². The normalized spacial score (nSPS) is 13.2. The van der Waals surface area contributed by atoms with Crippen LogP contribution in [0.15, 0.2) is 72.9 Å². The molecule has 0 saturated carbocycles. The first-order chi connectivity index (χ1) is 19.6. The summed E-state index contributed by atoms with van der Waals surface area (Å²) in [6.45, 7) is 4.36. The maximum absolute atomic E-state index is 12.5. The standard InChI is InChI=1S/C36H58O4/c1-3-5-7-9-11-13-14-15-16-17-19-25-29-33-36(39)40-34(30-26-22-18-12-10-8-6-4-2)31-27-23-20-21-24-28-32-35(37)38/h5,7,11-13,15-16,18-19,25-26,30,34H,3-4,6,8-10,14,17,20-24,27-29,31-33H2,1-2H3,(H,37,38)/b7-5-,13-11-,16-15-,18-12-,25-19-,30-26-. The van der Waals surface area contributed by atoms with E-state index in [-0.39, 0.29) is 18.5 Å². The van der Waals surface area contributed by atoms with E-state index in [9.17, 15) is 9.59 Å². The van der Waals surface area contributed by atoms with Crippen LogP contribution < -0.4 is 0 Å². The van der Waals surface area contributed by atoms with Crippen molar-refractivity contribution in [2.45, 2.75) is 142 Å². The van der Waals surface area contributed by atoms with E-state index < -0.39 is 5.97 Å². The number of carboxylic acid groups (broad SMARTS) is 1. The van der Waals surface area contributed by atoms with Gasteiger partial charge in [0.25, 0.3) is 0 Å². The molecule has 0 aliphatic rings. The molecule has 4 heteroatoms. The van der Waals surface area contributed by atoms with E-state index in [1.807, 2.05) is 0 Å². The molecule has 0 amide bonds. The van der Waals surface area contributed by atoms with Gasteiger partial charge in [-0.15, -0.1) is 0 Å². The third-order valence-electron chi connectivity index (χ3n) is 6.41. The molecule has 0 fully saturated rings. The number of rotatable bonds is 27. The van der Waals surface area contributed by atoms with Gasteiger partial charge in [-0.25, -0.2) is 0 Å². The van der Waals surface area contributed by atoms with Gasteiger partial charge in [0.1, 0.15) is 6.10 Å². The topological polar surface area (TPSA) is 63.6 Å².